The highest BCUT2D eigenvalue weighted by molar-refractivity contribution is 6.02. The molecule has 0 fully saturated rings. The highest BCUT2D eigenvalue weighted by Crippen LogP contribution is 2.25. The van der Waals surface area contributed by atoms with Gasteiger partial charge in [0.15, 0.2) is 5.78 Å². The number of nitrogens with one attached hydrogen (secondary N) is 1. The molecule has 1 N–H and O–H groups in total. The van der Waals surface area contributed by atoms with E-state index in [2.05, 4.69) is 5.32 Å². The van der Waals surface area contributed by atoms with Crippen molar-refractivity contribution >= 4 is 11.5 Å². The fourth-order valence-electron chi connectivity index (χ4n) is 2.57. The maximum Gasteiger partial charge on any atom is 0.189 e. The van der Waals surface area contributed by atoms with Gasteiger partial charge < -0.3 is 10.1 Å². The molecule has 0 aliphatic rings. The Balaban J connectivity index is 1.95. The van der Waals surface area contributed by atoms with E-state index in [1.165, 1.54) is 0 Å². The fourth-order valence-corrected chi connectivity index (χ4v) is 2.57. The van der Waals surface area contributed by atoms with E-state index in [1.807, 2.05) is 84.9 Å². The van der Waals surface area contributed by atoms with Gasteiger partial charge in [-0.15, -0.1) is 0 Å². The normalized spacial score (nSPS) is 11.5. The molecule has 1 atom stereocenters. The monoisotopic (exact) mass is 317 g/mol. The first-order valence-electron chi connectivity index (χ1n) is 7.83. The third kappa shape index (κ3) is 3.63. The van der Waals surface area contributed by atoms with Crippen LogP contribution in [0.15, 0.2) is 84.9 Å². The number of benzene rings is 3. The minimum absolute atomic E-state index is 0.0321. The predicted molar refractivity (Wildman–Crippen MR) is 96.6 cm³/mol. The van der Waals surface area contributed by atoms with Crippen LogP contribution < -0.4 is 10.1 Å². The van der Waals surface area contributed by atoms with Crippen LogP contribution in [0.3, 0.4) is 0 Å². The van der Waals surface area contributed by atoms with Crippen molar-refractivity contribution in [3.63, 3.8) is 0 Å². The van der Waals surface area contributed by atoms with Gasteiger partial charge in [-0.05, 0) is 29.8 Å². The molecule has 0 radical (unpaired) electrons. The molecule has 0 aliphatic carbocycles. The standard InChI is InChI=1S/C21H19NO2/c1-24-19-14-12-16(13-15-19)20(22-18-10-6-3-7-11-18)21(23)17-8-4-2-5-9-17/h2-15,20,22H,1H3/t20-/m0/s1. The molecule has 3 nitrogen and oxygen atoms in total. The first kappa shape index (κ1) is 15.8. The summed E-state index contributed by atoms with van der Waals surface area (Å²) in [4.78, 5) is 13.0. The molecule has 0 unspecified atom stereocenters. The van der Waals surface area contributed by atoms with E-state index in [4.69, 9.17) is 4.74 Å². The number of anilines is 1. The molecule has 0 amide bonds. The number of carbonyl (C=O) groups excluding carboxylic acids is 1. The minimum Gasteiger partial charge on any atom is -0.497 e. The molecule has 24 heavy (non-hydrogen) atoms. The van der Waals surface area contributed by atoms with Crippen LogP contribution in [0, 0.1) is 0 Å². The SMILES string of the molecule is COc1ccc([C@H](Nc2ccccc2)C(=O)c2ccccc2)cc1. The molecule has 120 valence electrons. The van der Waals surface area contributed by atoms with Crippen LogP contribution in [0.2, 0.25) is 0 Å². The zero-order valence-corrected chi connectivity index (χ0v) is 13.5. The number of hydrogen-bond acceptors (Lipinski definition) is 3. The summed E-state index contributed by atoms with van der Waals surface area (Å²) in [6.07, 6.45) is 0. The highest BCUT2D eigenvalue weighted by atomic mass is 16.5. The van der Waals surface area contributed by atoms with E-state index in [-0.39, 0.29) is 5.78 Å². The van der Waals surface area contributed by atoms with Crippen LogP contribution in [0.4, 0.5) is 5.69 Å². The number of rotatable bonds is 6. The molecule has 3 aromatic rings. The number of carbonyl (C=O) groups is 1. The van der Waals surface area contributed by atoms with Crippen molar-refractivity contribution in [2.24, 2.45) is 0 Å². The third-order valence-corrected chi connectivity index (χ3v) is 3.85. The van der Waals surface area contributed by atoms with E-state index in [9.17, 15) is 4.79 Å². The van der Waals surface area contributed by atoms with Crippen LogP contribution in [-0.2, 0) is 0 Å². The molecule has 0 bridgehead atoms. The maximum atomic E-state index is 13.0. The van der Waals surface area contributed by atoms with E-state index < -0.39 is 6.04 Å². The summed E-state index contributed by atoms with van der Waals surface area (Å²) < 4.78 is 5.21. The van der Waals surface area contributed by atoms with Crippen molar-refractivity contribution in [3.8, 4) is 5.75 Å². The Morgan fingerprint density at radius 3 is 2.00 bits per heavy atom. The van der Waals surface area contributed by atoms with Gasteiger partial charge in [0, 0.05) is 11.3 Å². The molecule has 0 heterocycles. The van der Waals surface area contributed by atoms with Crippen molar-refractivity contribution < 1.29 is 9.53 Å². The lowest BCUT2D eigenvalue weighted by molar-refractivity contribution is 0.0969. The molecule has 0 saturated carbocycles. The van der Waals surface area contributed by atoms with Gasteiger partial charge in [-0.25, -0.2) is 0 Å². The van der Waals surface area contributed by atoms with Gasteiger partial charge in [0.1, 0.15) is 11.8 Å². The minimum atomic E-state index is -0.458. The molecule has 0 spiro atoms. The Labute approximate surface area is 141 Å². The van der Waals surface area contributed by atoms with Gasteiger partial charge in [0.25, 0.3) is 0 Å². The van der Waals surface area contributed by atoms with E-state index in [0.29, 0.717) is 5.56 Å². The van der Waals surface area contributed by atoms with Crippen molar-refractivity contribution in [1.29, 1.82) is 0 Å². The van der Waals surface area contributed by atoms with Crippen LogP contribution >= 0.6 is 0 Å². The maximum absolute atomic E-state index is 13.0. The molecule has 3 aromatic carbocycles. The summed E-state index contributed by atoms with van der Waals surface area (Å²) in [5.74, 6) is 0.800. The highest BCUT2D eigenvalue weighted by Gasteiger charge is 2.22. The number of ketones is 1. The molecule has 3 rings (SSSR count). The zero-order chi connectivity index (χ0) is 16.8. The lowest BCUT2D eigenvalue weighted by Gasteiger charge is -2.20. The number of hydrogen-bond donors (Lipinski definition) is 1. The summed E-state index contributed by atoms with van der Waals surface area (Å²) in [6.45, 7) is 0. The molecule has 3 heteroatoms. The summed E-state index contributed by atoms with van der Waals surface area (Å²) in [7, 11) is 1.63. The van der Waals surface area contributed by atoms with Gasteiger partial charge in [-0.1, -0.05) is 60.7 Å². The number of ether oxygens (including phenoxy) is 1. The molecular weight excluding hydrogens is 298 g/mol. The van der Waals surface area contributed by atoms with E-state index >= 15 is 0 Å². The second-order valence-electron chi connectivity index (χ2n) is 5.45. The number of para-hydroxylation sites is 1. The summed E-state index contributed by atoms with van der Waals surface area (Å²) in [5, 5.41) is 3.34. The van der Waals surface area contributed by atoms with Gasteiger partial charge in [-0.3, -0.25) is 4.79 Å². The van der Waals surface area contributed by atoms with Gasteiger partial charge in [0.05, 0.1) is 7.11 Å². The Morgan fingerprint density at radius 1 is 0.833 bits per heavy atom. The first-order valence-corrected chi connectivity index (χ1v) is 7.83. The molecular formula is C21H19NO2. The number of Topliss-reactive ketones (excluding diaryl/α,β-unsaturated/α-hetero) is 1. The molecule has 0 aliphatic heterocycles. The lowest BCUT2D eigenvalue weighted by Crippen LogP contribution is -2.21. The topological polar surface area (TPSA) is 38.3 Å². The molecule has 0 aromatic heterocycles. The second-order valence-corrected chi connectivity index (χ2v) is 5.45. The Kier molecular flexibility index (Phi) is 4.92. The van der Waals surface area contributed by atoms with E-state index in [0.717, 1.165) is 17.0 Å². The largest absolute Gasteiger partial charge is 0.497 e. The van der Waals surface area contributed by atoms with Crippen molar-refractivity contribution in [3.05, 3.63) is 96.1 Å². The van der Waals surface area contributed by atoms with Crippen LogP contribution in [0.1, 0.15) is 22.0 Å². The smallest absolute Gasteiger partial charge is 0.189 e. The van der Waals surface area contributed by atoms with Crippen LogP contribution in [0.5, 0.6) is 5.75 Å². The Hall–Kier alpha value is -3.07. The second kappa shape index (κ2) is 7.47. The van der Waals surface area contributed by atoms with Crippen LogP contribution in [0.25, 0.3) is 0 Å². The summed E-state index contributed by atoms with van der Waals surface area (Å²) >= 11 is 0. The Morgan fingerprint density at radius 2 is 1.42 bits per heavy atom. The van der Waals surface area contributed by atoms with Crippen molar-refractivity contribution in [2.75, 3.05) is 12.4 Å². The van der Waals surface area contributed by atoms with Gasteiger partial charge >= 0.3 is 0 Å². The third-order valence-electron chi connectivity index (χ3n) is 3.85. The fraction of sp³-hybridized carbons (Fsp3) is 0.0952. The van der Waals surface area contributed by atoms with Crippen molar-refractivity contribution in [2.45, 2.75) is 6.04 Å². The van der Waals surface area contributed by atoms with Crippen molar-refractivity contribution in [1.82, 2.24) is 0 Å². The first-order chi connectivity index (χ1) is 11.8. The summed E-state index contributed by atoms with van der Waals surface area (Å²) in [5.41, 5.74) is 2.48. The average molecular weight is 317 g/mol. The predicted octanol–water partition coefficient (Wildman–Crippen LogP) is 4.73. The van der Waals surface area contributed by atoms with Crippen LogP contribution in [-0.4, -0.2) is 12.9 Å². The van der Waals surface area contributed by atoms with Gasteiger partial charge in [0.2, 0.25) is 0 Å². The Bertz CT molecular complexity index is 783. The average Bonchev–Trinajstić information content (AvgIpc) is 2.67. The number of methoxy groups -OCH3 is 1. The quantitative estimate of drug-likeness (QED) is 0.668. The lowest BCUT2D eigenvalue weighted by atomic mass is 9.97. The van der Waals surface area contributed by atoms with E-state index in [1.54, 1.807) is 7.11 Å². The summed E-state index contributed by atoms with van der Waals surface area (Å²) in [6, 6.07) is 26.2. The molecule has 0 saturated heterocycles. The van der Waals surface area contributed by atoms with Gasteiger partial charge in [-0.2, -0.15) is 0 Å². The zero-order valence-electron chi connectivity index (χ0n) is 13.5.